The summed E-state index contributed by atoms with van der Waals surface area (Å²) in [5.41, 5.74) is 0. The smallest absolute Gasteiger partial charge is 0.0386 e. The Morgan fingerprint density at radius 2 is 0.833 bits per heavy atom. The summed E-state index contributed by atoms with van der Waals surface area (Å²) in [5, 5.41) is 0. The maximum absolute atomic E-state index is 2.33. The van der Waals surface area contributed by atoms with Crippen molar-refractivity contribution in [2.75, 3.05) is 0 Å². The van der Waals surface area contributed by atoms with Crippen molar-refractivity contribution in [1.82, 2.24) is 0 Å². The van der Waals surface area contributed by atoms with Gasteiger partial charge in [-0.3, -0.25) is 0 Å². The van der Waals surface area contributed by atoms with Crippen LogP contribution in [0.15, 0.2) is 0 Å². The molecule has 0 atom stereocenters. The van der Waals surface area contributed by atoms with E-state index in [0.717, 1.165) is 23.7 Å². The number of unbranched alkanes of at least 4 members (excludes halogenated alkanes) is 6. The molecular formula is C24H46. The van der Waals surface area contributed by atoms with E-state index in [9.17, 15) is 0 Å². The van der Waals surface area contributed by atoms with Crippen LogP contribution in [0.25, 0.3) is 0 Å². The number of rotatable bonds is 11. The van der Waals surface area contributed by atoms with Gasteiger partial charge >= 0.3 is 0 Å². The van der Waals surface area contributed by atoms with E-state index in [0.29, 0.717) is 0 Å². The molecule has 0 heterocycles. The number of hydrogen-bond donors (Lipinski definition) is 0. The van der Waals surface area contributed by atoms with Crippen LogP contribution in [0.1, 0.15) is 129 Å². The van der Waals surface area contributed by atoms with E-state index in [1.807, 2.05) is 0 Å². The molecule has 2 aliphatic carbocycles. The molecule has 0 nitrogen and oxygen atoms in total. The Kier molecular flexibility index (Phi) is 10.5. The van der Waals surface area contributed by atoms with Crippen molar-refractivity contribution in [2.24, 2.45) is 23.7 Å². The first kappa shape index (κ1) is 20.3. The largest absolute Gasteiger partial charge is 0.0654 e. The lowest BCUT2D eigenvalue weighted by atomic mass is 9.68. The quantitative estimate of drug-likeness (QED) is 0.332. The molecule has 0 N–H and O–H groups in total. The summed E-state index contributed by atoms with van der Waals surface area (Å²) >= 11 is 0. The molecule has 0 aromatic heterocycles. The lowest BCUT2D eigenvalue weighted by Crippen LogP contribution is -2.25. The molecule has 0 bridgehead atoms. The van der Waals surface area contributed by atoms with E-state index >= 15 is 0 Å². The fourth-order valence-corrected chi connectivity index (χ4v) is 5.62. The summed E-state index contributed by atoms with van der Waals surface area (Å²) in [6, 6.07) is 0. The second kappa shape index (κ2) is 12.4. The van der Waals surface area contributed by atoms with E-state index < -0.39 is 0 Å². The Labute approximate surface area is 153 Å². The normalized spacial score (nSPS) is 31.2. The molecule has 0 amide bonds. The van der Waals surface area contributed by atoms with Gasteiger partial charge in [0, 0.05) is 0 Å². The van der Waals surface area contributed by atoms with Gasteiger partial charge in [-0.25, -0.2) is 0 Å². The van der Waals surface area contributed by atoms with Gasteiger partial charge in [-0.15, -0.1) is 0 Å². The highest BCUT2D eigenvalue weighted by Crippen LogP contribution is 2.43. The zero-order chi connectivity index (χ0) is 17.0. The monoisotopic (exact) mass is 334 g/mol. The maximum Gasteiger partial charge on any atom is -0.0386 e. The van der Waals surface area contributed by atoms with Gasteiger partial charge in [0.2, 0.25) is 0 Å². The van der Waals surface area contributed by atoms with Crippen LogP contribution in [-0.4, -0.2) is 0 Å². The SMILES string of the molecule is CCCCCCCC1CCC([C@H]2CC[C@H](CCCCC)CC2)CC1. The highest BCUT2D eigenvalue weighted by molar-refractivity contribution is 4.82. The summed E-state index contributed by atoms with van der Waals surface area (Å²) in [7, 11) is 0. The predicted octanol–water partition coefficient (Wildman–Crippen LogP) is 8.54. The van der Waals surface area contributed by atoms with E-state index in [2.05, 4.69) is 13.8 Å². The van der Waals surface area contributed by atoms with Crippen molar-refractivity contribution in [3.63, 3.8) is 0 Å². The molecule has 0 aromatic rings. The minimum absolute atomic E-state index is 1.09. The molecule has 24 heavy (non-hydrogen) atoms. The summed E-state index contributed by atoms with van der Waals surface area (Å²) in [4.78, 5) is 0. The summed E-state index contributed by atoms with van der Waals surface area (Å²) < 4.78 is 0. The van der Waals surface area contributed by atoms with Crippen molar-refractivity contribution in [2.45, 2.75) is 129 Å². The fourth-order valence-electron chi connectivity index (χ4n) is 5.62. The van der Waals surface area contributed by atoms with E-state index in [-0.39, 0.29) is 0 Å². The average molecular weight is 335 g/mol. The van der Waals surface area contributed by atoms with Crippen LogP contribution >= 0.6 is 0 Å². The molecule has 142 valence electrons. The standard InChI is InChI=1S/C24H46/c1-3-5-7-8-10-12-22-15-19-24(20-16-22)23-17-13-21(14-18-23)11-9-6-4-2/h21-24H,3-20H2,1-2H3/t21-,22?,23-,24?. The lowest BCUT2D eigenvalue weighted by molar-refractivity contribution is 0.139. The Morgan fingerprint density at radius 3 is 1.29 bits per heavy atom. The molecule has 0 saturated heterocycles. The molecular weight excluding hydrogens is 288 g/mol. The minimum atomic E-state index is 1.09. The molecule has 0 radical (unpaired) electrons. The minimum Gasteiger partial charge on any atom is -0.0654 e. The molecule has 0 spiro atoms. The van der Waals surface area contributed by atoms with Crippen LogP contribution in [0.2, 0.25) is 0 Å². The third-order valence-corrected chi connectivity index (χ3v) is 7.38. The first-order chi connectivity index (χ1) is 11.8. The second-order valence-corrected chi connectivity index (χ2v) is 9.26. The van der Waals surface area contributed by atoms with Crippen molar-refractivity contribution < 1.29 is 0 Å². The Morgan fingerprint density at radius 1 is 0.458 bits per heavy atom. The lowest BCUT2D eigenvalue weighted by Gasteiger charge is -2.38. The average Bonchev–Trinajstić information content (AvgIpc) is 2.63. The fraction of sp³-hybridized carbons (Fsp3) is 1.00. The van der Waals surface area contributed by atoms with E-state index in [4.69, 9.17) is 0 Å². The van der Waals surface area contributed by atoms with E-state index in [1.165, 1.54) is 57.8 Å². The highest BCUT2D eigenvalue weighted by atomic mass is 14.4. The molecule has 0 heteroatoms. The third-order valence-electron chi connectivity index (χ3n) is 7.38. The van der Waals surface area contributed by atoms with Gasteiger partial charge in [-0.05, 0) is 49.4 Å². The van der Waals surface area contributed by atoms with Gasteiger partial charge in [-0.1, -0.05) is 104 Å². The highest BCUT2D eigenvalue weighted by Gasteiger charge is 2.30. The Hall–Kier alpha value is 0. The topological polar surface area (TPSA) is 0 Å². The summed E-state index contributed by atoms with van der Waals surface area (Å²) in [6.45, 7) is 4.65. The maximum atomic E-state index is 2.33. The predicted molar refractivity (Wildman–Crippen MR) is 108 cm³/mol. The zero-order valence-electron chi connectivity index (χ0n) is 17.0. The first-order valence-corrected chi connectivity index (χ1v) is 11.8. The zero-order valence-corrected chi connectivity index (χ0v) is 17.0. The Balaban J connectivity index is 1.53. The van der Waals surface area contributed by atoms with Gasteiger partial charge in [0.15, 0.2) is 0 Å². The third kappa shape index (κ3) is 7.49. The van der Waals surface area contributed by atoms with Crippen LogP contribution in [0.3, 0.4) is 0 Å². The number of hydrogen-bond acceptors (Lipinski definition) is 0. The van der Waals surface area contributed by atoms with Crippen molar-refractivity contribution in [1.29, 1.82) is 0 Å². The van der Waals surface area contributed by atoms with Crippen molar-refractivity contribution in [3.05, 3.63) is 0 Å². The molecule has 2 fully saturated rings. The van der Waals surface area contributed by atoms with Gasteiger partial charge in [0.25, 0.3) is 0 Å². The van der Waals surface area contributed by atoms with Gasteiger partial charge in [-0.2, -0.15) is 0 Å². The van der Waals surface area contributed by atoms with E-state index in [1.54, 1.807) is 57.8 Å². The molecule has 0 aliphatic heterocycles. The van der Waals surface area contributed by atoms with Crippen molar-refractivity contribution >= 4 is 0 Å². The summed E-state index contributed by atoms with van der Waals surface area (Å²) in [5.74, 6) is 4.40. The molecule has 2 saturated carbocycles. The first-order valence-electron chi connectivity index (χ1n) is 11.8. The van der Waals surface area contributed by atoms with Gasteiger partial charge in [0.05, 0.1) is 0 Å². The molecule has 0 unspecified atom stereocenters. The van der Waals surface area contributed by atoms with Crippen molar-refractivity contribution in [3.8, 4) is 0 Å². The molecule has 2 rings (SSSR count). The van der Waals surface area contributed by atoms with Crippen LogP contribution in [0, 0.1) is 23.7 Å². The van der Waals surface area contributed by atoms with Gasteiger partial charge in [0.1, 0.15) is 0 Å². The van der Waals surface area contributed by atoms with Crippen LogP contribution < -0.4 is 0 Å². The Bertz CT molecular complexity index is 278. The summed E-state index contributed by atoms with van der Waals surface area (Å²) in [6.07, 6.45) is 27.3. The van der Waals surface area contributed by atoms with Crippen LogP contribution in [-0.2, 0) is 0 Å². The molecule has 0 aromatic carbocycles. The van der Waals surface area contributed by atoms with Gasteiger partial charge < -0.3 is 0 Å². The second-order valence-electron chi connectivity index (χ2n) is 9.26. The molecule has 2 aliphatic rings. The van der Waals surface area contributed by atoms with Crippen LogP contribution in [0.5, 0.6) is 0 Å². The van der Waals surface area contributed by atoms with Crippen LogP contribution in [0.4, 0.5) is 0 Å².